The maximum Gasteiger partial charge on any atom is 0.257 e. The van der Waals surface area contributed by atoms with Gasteiger partial charge < -0.3 is 10.6 Å². The molecule has 2 aromatic rings. The Balaban J connectivity index is 2.41. The molecule has 210 valence electrons. The van der Waals surface area contributed by atoms with Crippen LogP contribution in [0.15, 0.2) is 58.4 Å². The Morgan fingerprint density at radius 1 is 1.13 bits per heavy atom. The van der Waals surface area contributed by atoms with Crippen molar-refractivity contribution >= 4 is 22.7 Å². The van der Waals surface area contributed by atoms with Crippen LogP contribution in [0.25, 0.3) is 0 Å². The summed E-state index contributed by atoms with van der Waals surface area (Å²) >= 11 is 0. The van der Waals surface area contributed by atoms with Crippen molar-refractivity contribution in [2.24, 2.45) is 16.3 Å². The summed E-state index contributed by atoms with van der Waals surface area (Å²) in [6.45, 7) is 11.4. The molecule has 0 fully saturated rings. The number of carbonyl (C=O) groups excluding carboxylic acids is 1. The second-order valence-corrected chi connectivity index (χ2v) is 12.0. The minimum Gasteiger partial charge on any atom is -0.353 e. The first kappa shape index (κ1) is 31.6. The van der Waals surface area contributed by atoms with Crippen LogP contribution in [0, 0.1) is 17.2 Å². The molecule has 8 heteroatoms. The predicted molar refractivity (Wildman–Crippen MR) is 156 cm³/mol. The van der Waals surface area contributed by atoms with Crippen molar-refractivity contribution in [2.45, 2.75) is 77.3 Å². The zero-order valence-electron chi connectivity index (χ0n) is 23.9. The molecule has 1 amide bonds. The van der Waals surface area contributed by atoms with Gasteiger partial charge in [-0.1, -0.05) is 59.2 Å². The van der Waals surface area contributed by atoms with Gasteiger partial charge in [0.1, 0.15) is 5.82 Å². The van der Waals surface area contributed by atoms with Crippen LogP contribution in [0.1, 0.15) is 82.3 Å². The molecule has 0 saturated heterocycles. The maximum atomic E-state index is 13.6. The van der Waals surface area contributed by atoms with Crippen molar-refractivity contribution in [3.8, 4) is 0 Å². The standard InChI is InChI=1S/C30H45FN4O2S/c1-8-17-30(5,9-2)27(19-26(32-6)22-13-15-24(31)16-14-22)34-29(33-20-21(3)4)35-28(36)23-11-10-12-25(18-23)38(7)37/h10-16,18,21,26-27,32H,8-9,17,19-20H2,1-7H3,(H2,33,34,35,36). The Hall–Kier alpha value is -2.58. The number of halogens is 1. The largest absolute Gasteiger partial charge is 0.353 e. The predicted octanol–water partition coefficient (Wildman–Crippen LogP) is 5.83. The first-order valence-electron chi connectivity index (χ1n) is 13.5. The number of nitrogens with one attached hydrogen (secondary N) is 3. The lowest BCUT2D eigenvalue weighted by molar-refractivity contribution is 0.0973. The average molecular weight is 545 g/mol. The lowest BCUT2D eigenvalue weighted by Gasteiger charge is -2.40. The smallest absolute Gasteiger partial charge is 0.257 e. The van der Waals surface area contributed by atoms with E-state index in [9.17, 15) is 13.4 Å². The zero-order valence-corrected chi connectivity index (χ0v) is 24.8. The van der Waals surface area contributed by atoms with Gasteiger partial charge in [-0.2, -0.15) is 0 Å². The molecule has 0 aliphatic heterocycles. The molecule has 38 heavy (non-hydrogen) atoms. The van der Waals surface area contributed by atoms with Crippen LogP contribution in [-0.4, -0.2) is 42.0 Å². The Bertz CT molecular complexity index is 1090. The lowest BCUT2D eigenvalue weighted by atomic mass is 9.73. The second kappa shape index (κ2) is 15.1. The third-order valence-corrected chi connectivity index (χ3v) is 8.07. The number of nitrogens with zero attached hydrogens (tertiary/aromatic N) is 1. The van der Waals surface area contributed by atoms with Crippen molar-refractivity contribution in [1.29, 1.82) is 0 Å². The van der Waals surface area contributed by atoms with Gasteiger partial charge in [-0.15, -0.1) is 0 Å². The summed E-state index contributed by atoms with van der Waals surface area (Å²) < 4.78 is 25.6. The molecule has 0 aliphatic rings. The molecule has 0 aromatic heterocycles. The fourth-order valence-corrected chi connectivity index (χ4v) is 5.16. The normalized spacial score (nSPS) is 16.0. The fourth-order valence-electron chi connectivity index (χ4n) is 4.59. The summed E-state index contributed by atoms with van der Waals surface area (Å²) in [5, 5.41) is 10.0. The highest BCUT2D eigenvalue weighted by Crippen LogP contribution is 2.36. The third kappa shape index (κ3) is 9.31. The van der Waals surface area contributed by atoms with E-state index >= 15 is 0 Å². The van der Waals surface area contributed by atoms with E-state index in [1.54, 1.807) is 30.5 Å². The zero-order chi connectivity index (χ0) is 28.3. The maximum absolute atomic E-state index is 13.6. The highest BCUT2D eigenvalue weighted by atomic mass is 32.2. The van der Waals surface area contributed by atoms with Crippen LogP contribution in [0.4, 0.5) is 4.39 Å². The average Bonchev–Trinajstić information content (AvgIpc) is 2.90. The van der Waals surface area contributed by atoms with E-state index in [2.05, 4.69) is 50.6 Å². The van der Waals surface area contributed by atoms with Gasteiger partial charge in [0, 0.05) is 46.1 Å². The van der Waals surface area contributed by atoms with Crippen molar-refractivity contribution in [3.05, 3.63) is 65.5 Å². The van der Waals surface area contributed by atoms with Gasteiger partial charge in [-0.05, 0) is 73.5 Å². The number of hydrogen-bond donors (Lipinski definition) is 3. The van der Waals surface area contributed by atoms with Gasteiger partial charge in [0.25, 0.3) is 5.91 Å². The molecular weight excluding hydrogens is 499 g/mol. The first-order chi connectivity index (χ1) is 18.0. The molecule has 6 nitrogen and oxygen atoms in total. The van der Waals surface area contributed by atoms with Gasteiger partial charge in [-0.3, -0.25) is 19.3 Å². The molecule has 4 atom stereocenters. The lowest BCUT2D eigenvalue weighted by Crippen LogP contribution is -2.53. The van der Waals surface area contributed by atoms with Crippen LogP contribution in [0.2, 0.25) is 0 Å². The minimum atomic E-state index is -1.19. The van der Waals surface area contributed by atoms with Crippen molar-refractivity contribution in [3.63, 3.8) is 0 Å². The van der Waals surface area contributed by atoms with Crippen LogP contribution in [-0.2, 0) is 10.8 Å². The highest BCUT2D eigenvalue weighted by molar-refractivity contribution is 7.84. The number of guanidine groups is 1. The van der Waals surface area contributed by atoms with Gasteiger partial charge in [0.05, 0.1) is 0 Å². The van der Waals surface area contributed by atoms with Crippen LogP contribution in [0.5, 0.6) is 0 Å². The van der Waals surface area contributed by atoms with E-state index in [1.165, 1.54) is 12.1 Å². The second-order valence-electron chi connectivity index (χ2n) is 10.6. The number of aliphatic imine (C=N–C) groups is 1. The Labute approximate surface area is 230 Å². The topological polar surface area (TPSA) is 82.6 Å². The van der Waals surface area contributed by atoms with E-state index < -0.39 is 10.8 Å². The Morgan fingerprint density at radius 3 is 2.37 bits per heavy atom. The van der Waals surface area contributed by atoms with Crippen molar-refractivity contribution in [1.82, 2.24) is 16.0 Å². The van der Waals surface area contributed by atoms with Crippen molar-refractivity contribution < 1.29 is 13.4 Å². The number of benzene rings is 2. The summed E-state index contributed by atoms with van der Waals surface area (Å²) in [7, 11) is 0.725. The molecule has 2 aromatic carbocycles. The number of amides is 1. The highest BCUT2D eigenvalue weighted by Gasteiger charge is 2.35. The quantitative estimate of drug-likeness (QED) is 0.219. The number of carbonyl (C=O) groups is 1. The van der Waals surface area contributed by atoms with Crippen LogP contribution < -0.4 is 16.0 Å². The Morgan fingerprint density at radius 2 is 1.82 bits per heavy atom. The van der Waals surface area contributed by atoms with E-state index in [0.29, 0.717) is 35.3 Å². The molecule has 0 spiro atoms. The molecule has 0 radical (unpaired) electrons. The molecular formula is C30H45FN4O2S. The van der Waals surface area contributed by atoms with Crippen LogP contribution in [0.3, 0.4) is 0 Å². The van der Waals surface area contributed by atoms with Crippen LogP contribution >= 0.6 is 0 Å². The van der Waals surface area contributed by atoms with Crippen molar-refractivity contribution in [2.75, 3.05) is 19.8 Å². The van der Waals surface area contributed by atoms with Gasteiger partial charge in [-0.25, -0.2) is 4.39 Å². The Kier molecular flexibility index (Phi) is 12.6. The number of rotatable bonds is 13. The van der Waals surface area contributed by atoms with E-state index in [1.807, 2.05) is 19.2 Å². The first-order valence-corrected chi connectivity index (χ1v) is 15.1. The molecule has 2 rings (SSSR count). The van der Waals surface area contributed by atoms with Gasteiger partial charge in [0.15, 0.2) is 5.96 Å². The minimum absolute atomic E-state index is 0.0194. The summed E-state index contributed by atoms with van der Waals surface area (Å²) in [4.78, 5) is 18.6. The molecule has 4 unspecified atom stereocenters. The summed E-state index contributed by atoms with van der Waals surface area (Å²) in [6, 6.07) is 13.4. The van der Waals surface area contributed by atoms with E-state index in [-0.39, 0.29) is 29.2 Å². The SMILES string of the molecule is CCCC(C)(CC)C(CC(NC)c1ccc(F)cc1)NC(=NCC(C)C)NC(=O)c1cccc(S(C)=O)c1. The molecule has 0 aliphatic carbocycles. The molecule has 0 heterocycles. The van der Waals surface area contributed by atoms with Gasteiger partial charge in [0.2, 0.25) is 0 Å². The van der Waals surface area contributed by atoms with E-state index in [4.69, 9.17) is 4.99 Å². The summed E-state index contributed by atoms with van der Waals surface area (Å²) in [6.07, 6.45) is 5.27. The summed E-state index contributed by atoms with van der Waals surface area (Å²) in [5.41, 5.74) is 1.36. The summed E-state index contributed by atoms with van der Waals surface area (Å²) in [5.74, 6) is 0.180. The molecule has 0 bridgehead atoms. The third-order valence-electron chi connectivity index (χ3n) is 7.15. The fraction of sp³-hybridized carbons (Fsp3) is 0.533. The molecule has 0 saturated carbocycles. The van der Waals surface area contributed by atoms with Gasteiger partial charge >= 0.3 is 0 Å². The monoisotopic (exact) mass is 544 g/mol. The van der Waals surface area contributed by atoms with E-state index in [0.717, 1.165) is 24.8 Å². The number of hydrogen-bond acceptors (Lipinski definition) is 4. The molecule has 3 N–H and O–H groups in total.